The average Bonchev–Trinajstić information content (AvgIpc) is 3.09. The molecule has 1 heterocycles. The lowest BCUT2D eigenvalue weighted by atomic mass is 10.2. The minimum Gasteiger partial charge on any atom is -0.478 e. The molecule has 7 heteroatoms. The molecule has 1 saturated carbocycles. The third-order valence-electron chi connectivity index (χ3n) is 3.00. The van der Waals surface area contributed by atoms with E-state index < -0.39 is 5.97 Å². The Labute approximate surface area is 108 Å². The summed E-state index contributed by atoms with van der Waals surface area (Å²) in [6.45, 7) is 0.0966. The normalized spacial score (nSPS) is 14.5. The number of carboxylic acids is 1. The van der Waals surface area contributed by atoms with Crippen LogP contribution in [0, 0.1) is 0 Å². The lowest BCUT2D eigenvalue weighted by Gasteiger charge is -2.03. The molecule has 0 radical (unpaired) electrons. The highest BCUT2D eigenvalue weighted by Gasteiger charge is 2.23. The lowest BCUT2D eigenvalue weighted by molar-refractivity contribution is -0.121. The minimum absolute atomic E-state index is 0.0966. The van der Waals surface area contributed by atoms with Crippen LogP contribution in [0.5, 0.6) is 0 Å². The Kier molecular flexibility index (Phi) is 2.66. The zero-order chi connectivity index (χ0) is 13.4. The summed E-state index contributed by atoms with van der Waals surface area (Å²) in [5.74, 6) is -1.11. The van der Waals surface area contributed by atoms with Gasteiger partial charge in [-0.05, 0) is 31.0 Å². The molecular formula is C12H12N4O3. The summed E-state index contributed by atoms with van der Waals surface area (Å²) < 4.78 is 1.47. The number of benzene rings is 1. The highest BCUT2D eigenvalue weighted by atomic mass is 16.4. The molecule has 0 atom stereocenters. The molecule has 1 aromatic heterocycles. The molecule has 1 amide bonds. The van der Waals surface area contributed by atoms with E-state index in [1.807, 2.05) is 0 Å². The first-order valence-corrected chi connectivity index (χ1v) is 5.99. The first-order chi connectivity index (χ1) is 9.13. The molecular weight excluding hydrogens is 248 g/mol. The molecule has 0 saturated heterocycles. The smallest absolute Gasteiger partial charge is 0.335 e. The van der Waals surface area contributed by atoms with Crippen molar-refractivity contribution in [1.82, 2.24) is 20.3 Å². The van der Waals surface area contributed by atoms with E-state index in [0.29, 0.717) is 17.1 Å². The van der Waals surface area contributed by atoms with E-state index in [9.17, 15) is 9.59 Å². The Morgan fingerprint density at radius 1 is 1.42 bits per heavy atom. The van der Waals surface area contributed by atoms with E-state index in [-0.39, 0.29) is 18.0 Å². The molecule has 0 unspecified atom stereocenters. The van der Waals surface area contributed by atoms with E-state index in [0.717, 1.165) is 12.8 Å². The molecule has 1 aliphatic carbocycles. The van der Waals surface area contributed by atoms with Crippen molar-refractivity contribution in [1.29, 1.82) is 0 Å². The number of fused-ring (bicyclic) bond motifs is 1. The molecule has 0 bridgehead atoms. The van der Waals surface area contributed by atoms with E-state index >= 15 is 0 Å². The molecule has 1 aliphatic rings. The predicted octanol–water partition coefficient (Wildman–Crippen LogP) is 0.408. The summed E-state index contributed by atoms with van der Waals surface area (Å²) >= 11 is 0. The number of carboxylic acid groups (broad SMARTS) is 1. The zero-order valence-electron chi connectivity index (χ0n) is 10.0. The predicted molar refractivity (Wildman–Crippen MR) is 65.7 cm³/mol. The molecule has 1 aromatic carbocycles. The first kappa shape index (κ1) is 11.6. The van der Waals surface area contributed by atoms with Crippen LogP contribution in [-0.4, -0.2) is 38.0 Å². The largest absolute Gasteiger partial charge is 0.478 e. The summed E-state index contributed by atoms with van der Waals surface area (Å²) in [4.78, 5) is 22.5. The summed E-state index contributed by atoms with van der Waals surface area (Å²) in [5.41, 5.74) is 1.28. The van der Waals surface area contributed by atoms with Gasteiger partial charge >= 0.3 is 5.97 Å². The fraction of sp³-hybridized carbons (Fsp3) is 0.333. The number of aromatic nitrogens is 3. The van der Waals surface area contributed by atoms with Crippen LogP contribution in [0.4, 0.5) is 0 Å². The fourth-order valence-corrected chi connectivity index (χ4v) is 1.86. The Bertz CT molecular complexity index is 660. The Morgan fingerprint density at radius 2 is 2.21 bits per heavy atom. The second kappa shape index (κ2) is 4.34. The SMILES string of the molecule is O=C(Cn1nnc2cc(C(=O)O)ccc21)NC1CC1. The lowest BCUT2D eigenvalue weighted by Crippen LogP contribution is -2.29. The Hall–Kier alpha value is -2.44. The number of nitrogens with zero attached hydrogens (tertiary/aromatic N) is 3. The van der Waals surface area contributed by atoms with Gasteiger partial charge in [0.05, 0.1) is 11.1 Å². The van der Waals surface area contributed by atoms with Crippen molar-refractivity contribution in [2.45, 2.75) is 25.4 Å². The molecule has 3 rings (SSSR count). The maximum Gasteiger partial charge on any atom is 0.335 e. The summed E-state index contributed by atoms with van der Waals surface area (Å²) in [5, 5.41) is 19.5. The fourth-order valence-electron chi connectivity index (χ4n) is 1.86. The number of aromatic carboxylic acids is 1. The van der Waals surface area contributed by atoms with Crippen molar-refractivity contribution in [3.8, 4) is 0 Å². The van der Waals surface area contributed by atoms with Crippen molar-refractivity contribution in [2.24, 2.45) is 0 Å². The van der Waals surface area contributed by atoms with Crippen LogP contribution in [0.15, 0.2) is 18.2 Å². The van der Waals surface area contributed by atoms with Gasteiger partial charge in [0.15, 0.2) is 0 Å². The standard InChI is InChI=1S/C12H12N4O3/c17-11(13-8-2-3-8)6-16-10-4-1-7(12(18)19)5-9(10)14-15-16/h1,4-5,8H,2-3,6H2,(H,13,17)(H,18,19). The quantitative estimate of drug-likeness (QED) is 0.829. The van der Waals surface area contributed by atoms with E-state index in [1.165, 1.54) is 16.8 Å². The highest BCUT2D eigenvalue weighted by molar-refractivity contribution is 5.92. The second-order valence-electron chi connectivity index (χ2n) is 4.60. The number of carbonyl (C=O) groups is 2. The first-order valence-electron chi connectivity index (χ1n) is 5.99. The van der Waals surface area contributed by atoms with Crippen LogP contribution >= 0.6 is 0 Å². The Balaban J connectivity index is 1.83. The van der Waals surface area contributed by atoms with Gasteiger partial charge in [-0.25, -0.2) is 9.48 Å². The molecule has 0 spiro atoms. The molecule has 98 valence electrons. The third-order valence-corrected chi connectivity index (χ3v) is 3.00. The maximum atomic E-state index is 11.7. The average molecular weight is 260 g/mol. The number of carbonyl (C=O) groups excluding carboxylic acids is 1. The summed E-state index contributed by atoms with van der Waals surface area (Å²) in [6.07, 6.45) is 2.07. The van der Waals surface area contributed by atoms with Crippen LogP contribution in [-0.2, 0) is 11.3 Å². The van der Waals surface area contributed by atoms with Gasteiger partial charge in [0, 0.05) is 6.04 Å². The molecule has 2 aromatic rings. The van der Waals surface area contributed by atoms with Crippen LogP contribution in [0.3, 0.4) is 0 Å². The molecule has 19 heavy (non-hydrogen) atoms. The maximum absolute atomic E-state index is 11.7. The van der Waals surface area contributed by atoms with Crippen LogP contribution in [0.2, 0.25) is 0 Å². The zero-order valence-corrected chi connectivity index (χ0v) is 10.0. The second-order valence-corrected chi connectivity index (χ2v) is 4.60. The van der Waals surface area contributed by atoms with Crippen molar-refractivity contribution in [3.63, 3.8) is 0 Å². The van der Waals surface area contributed by atoms with Gasteiger partial charge in [0.2, 0.25) is 5.91 Å². The van der Waals surface area contributed by atoms with Crippen molar-refractivity contribution in [2.75, 3.05) is 0 Å². The monoisotopic (exact) mass is 260 g/mol. The summed E-state index contributed by atoms with van der Waals surface area (Å²) in [7, 11) is 0. The number of hydrogen-bond acceptors (Lipinski definition) is 4. The van der Waals surface area contributed by atoms with E-state index in [2.05, 4.69) is 15.6 Å². The Morgan fingerprint density at radius 3 is 2.89 bits per heavy atom. The third kappa shape index (κ3) is 2.40. The van der Waals surface area contributed by atoms with Gasteiger partial charge in [-0.3, -0.25) is 4.79 Å². The summed E-state index contributed by atoms with van der Waals surface area (Å²) in [6, 6.07) is 4.84. The van der Waals surface area contributed by atoms with E-state index in [4.69, 9.17) is 5.11 Å². The van der Waals surface area contributed by atoms with Gasteiger partial charge in [-0.1, -0.05) is 5.21 Å². The van der Waals surface area contributed by atoms with Gasteiger partial charge in [-0.2, -0.15) is 0 Å². The van der Waals surface area contributed by atoms with Crippen molar-refractivity contribution < 1.29 is 14.7 Å². The number of rotatable bonds is 4. The molecule has 7 nitrogen and oxygen atoms in total. The minimum atomic E-state index is -1.01. The van der Waals surface area contributed by atoms with Gasteiger partial charge in [0.1, 0.15) is 12.1 Å². The number of hydrogen-bond donors (Lipinski definition) is 2. The molecule has 2 N–H and O–H groups in total. The number of amides is 1. The number of nitrogens with one attached hydrogen (secondary N) is 1. The van der Waals surface area contributed by atoms with Crippen molar-refractivity contribution in [3.05, 3.63) is 23.8 Å². The molecule has 0 aliphatic heterocycles. The van der Waals surface area contributed by atoms with Crippen LogP contribution in [0.1, 0.15) is 23.2 Å². The van der Waals surface area contributed by atoms with Gasteiger partial charge in [0.25, 0.3) is 0 Å². The van der Waals surface area contributed by atoms with Crippen molar-refractivity contribution >= 4 is 22.9 Å². The molecule has 1 fully saturated rings. The van der Waals surface area contributed by atoms with Crippen LogP contribution < -0.4 is 5.32 Å². The highest BCUT2D eigenvalue weighted by Crippen LogP contribution is 2.18. The van der Waals surface area contributed by atoms with Gasteiger partial charge in [-0.15, -0.1) is 5.10 Å². The van der Waals surface area contributed by atoms with Gasteiger partial charge < -0.3 is 10.4 Å². The van der Waals surface area contributed by atoms with E-state index in [1.54, 1.807) is 6.07 Å². The topological polar surface area (TPSA) is 97.1 Å². The van der Waals surface area contributed by atoms with Crippen LogP contribution in [0.25, 0.3) is 11.0 Å².